The van der Waals surface area contributed by atoms with Crippen LogP contribution in [0, 0.1) is 5.41 Å². The fraction of sp³-hybridized carbons (Fsp3) is 0.600. The number of rotatable bonds is 15. The number of carbonyl (C=O) groups excluding carboxylic acids is 4. The molecule has 0 saturated carbocycles. The van der Waals surface area contributed by atoms with Crippen molar-refractivity contribution in [1.82, 2.24) is 0 Å². The molecule has 1 N–H and O–H groups in total. The molecule has 1 unspecified atom stereocenters. The summed E-state index contributed by atoms with van der Waals surface area (Å²) in [5.41, 5.74) is 0.391. The molecule has 0 aliphatic rings. The topological polar surface area (TPSA) is 117 Å². The SMILES string of the molecule is C.CCCC(=O)OCC(CC)(COC(C)=O)COC(=O)CCNc1ccc(C(=O)OCC)cc1. The van der Waals surface area contributed by atoms with Crippen molar-refractivity contribution in [3.05, 3.63) is 29.8 Å². The molecule has 0 aliphatic heterocycles. The summed E-state index contributed by atoms with van der Waals surface area (Å²) in [4.78, 5) is 47.0. The highest BCUT2D eigenvalue weighted by Crippen LogP contribution is 2.25. The predicted octanol–water partition coefficient (Wildman–Crippen LogP) is 4.15. The van der Waals surface area contributed by atoms with Crippen LogP contribution in [0.2, 0.25) is 0 Å². The van der Waals surface area contributed by atoms with E-state index < -0.39 is 17.4 Å². The molecule has 1 aromatic carbocycles. The molecule has 0 amide bonds. The molecular formula is C25H39NO8. The summed E-state index contributed by atoms with van der Waals surface area (Å²) in [7, 11) is 0. The molecule has 0 aromatic heterocycles. The van der Waals surface area contributed by atoms with E-state index in [0.717, 1.165) is 5.69 Å². The van der Waals surface area contributed by atoms with Gasteiger partial charge in [-0.3, -0.25) is 14.4 Å². The van der Waals surface area contributed by atoms with E-state index in [1.807, 2.05) is 13.8 Å². The summed E-state index contributed by atoms with van der Waals surface area (Å²) in [6.45, 7) is 7.33. The molecule has 0 bridgehead atoms. The molecule has 0 fully saturated rings. The number of anilines is 1. The van der Waals surface area contributed by atoms with Gasteiger partial charge in [0.1, 0.15) is 19.8 Å². The maximum absolute atomic E-state index is 12.3. The first kappa shape index (κ1) is 30.9. The quantitative estimate of drug-likeness (QED) is 0.291. The van der Waals surface area contributed by atoms with Crippen molar-refractivity contribution in [2.75, 3.05) is 38.3 Å². The van der Waals surface area contributed by atoms with Crippen LogP contribution >= 0.6 is 0 Å². The fourth-order valence-electron chi connectivity index (χ4n) is 2.75. The molecule has 192 valence electrons. The maximum Gasteiger partial charge on any atom is 0.338 e. The van der Waals surface area contributed by atoms with Gasteiger partial charge in [0.15, 0.2) is 0 Å². The van der Waals surface area contributed by atoms with Crippen molar-refractivity contribution < 1.29 is 38.1 Å². The maximum atomic E-state index is 12.3. The van der Waals surface area contributed by atoms with Crippen LogP contribution in [-0.4, -0.2) is 56.8 Å². The zero-order chi connectivity index (χ0) is 24.7. The van der Waals surface area contributed by atoms with Gasteiger partial charge in [0.05, 0.1) is 24.0 Å². The second-order valence-electron chi connectivity index (χ2n) is 7.68. The minimum atomic E-state index is -0.804. The van der Waals surface area contributed by atoms with Crippen LogP contribution < -0.4 is 5.32 Å². The predicted molar refractivity (Wildman–Crippen MR) is 128 cm³/mol. The lowest BCUT2D eigenvalue weighted by Crippen LogP contribution is -2.39. The molecule has 9 heteroatoms. The van der Waals surface area contributed by atoms with Crippen LogP contribution in [0.3, 0.4) is 0 Å². The van der Waals surface area contributed by atoms with Gasteiger partial charge in [0.25, 0.3) is 0 Å². The average molecular weight is 482 g/mol. The Morgan fingerprint density at radius 1 is 0.824 bits per heavy atom. The minimum Gasteiger partial charge on any atom is -0.465 e. The molecule has 0 radical (unpaired) electrons. The first-order valence-corrected chi connectivity index (χ1v) is 11.2. The number of hydrogen-bond acceptors (Lipinski definition) is 9. The Morgan fingerprint density at radius 2 is 1.38 bits per heavy atom. The highest BCUT2D eigenvalue weighted by atomic mass is 16.6. The van der Waals surface area contributed by atoms with Crippen LogP contribution in [-0.2, 0) is 33.3 Å². The Balaban J connectivity index is 0.0000109. The molecule has 0 saturated heterocycles. The second kappa shape index (κ2) is 16.5. The van der Waals surface area contributed by atoms with E-state index >= 15 is 0 Å². The van der Waals surface area contributed by atoms with Crippen molar-refractivity contribution in [2.24, 2.45) is 5.41 Å². The molecule has 0 heterocycles. The Kier molecular flexibility index (Phi) is 15.0. The van der Waals surface area contributed by atoms with E-state index in [2.05, 4.69) is 5.32 Å². The van der Waals surface area contributed by atoms with Crippen LogP contribution in [0.15, 0.2) is 24.3 Å². The molecule has 9 nitrogen and oxygen atoms in total. The fourth-order valence-corrected chi connectivity index (χ4v) is 2.75. The third kappa shape index (κ3) is 11.7. The van der Waals surface area contributed by atoms with Gasteiger partial charge in [-0.25, -0.2) is 4.79 Å². The third-order valence-electron chi connectivity index (χ3n) is 4.92. The lowest BCUT2D eigenvalue weighted by molar-refractivity contribution is -0.161. The van der Waals surface area contributed by atoms with Crippen LogP contribution in [0.5, 0.6) is 0 Å². The largest absolute Gasteiger partial charge is 0.465 e. The smallest absolute Gasteiger partial charge is 0.338 e. The number of ether oxygens (including phenoxy) is 4. The summed E-state index contributed by atoms with van der Waals surface area (Å²) in [5, 5.41) is 3.09. The number of nitrogens with one attached hydrogen (secondary N) is 1. The monoisotopic (exact) mass is 481 g/mol. The second-order valence-corrected chi connectivity index (χ2v) is 7.68. The van der Waals surface area contributed by atoms with E-state index in [4.69, 9.17) is 18.9 Å². The number of esters is 4. The molecule has 0 aliphatic carbocycles. The summed E-state index contributed by atoms with van der Waals surface area (Å²) >= 11 is 0. The normalized spacial score (nSPS) is 11.9. The van der Waals surface area contributed by atoms with E-state index in [0.29, 0.717) is 38.0 Å². The van der Waals surface area contributed by atoms with Gasteiger partial charge in [-0.2, -0.15) is 0 Å². The summed E-state index contributed by atoms with van der Waals surface area (Å²) in [5.74, 6) is -1.63. The van der Waals surface area contributed by atoms with Gasteiger partial charge in [-0.1, -0.05) is 21.3 Å². The first-order valence-electron chi connectivity index (χ1n) is 11.2. The Morgan fingerprint density at radius 3 is 1.88 bits per heavy atom. The molecule has 1 rings (SSSR count). The van der Waals surface area contributed by atoms with E-state index in [-0.39, 0.29) is 45.6 Å². The lowest BCUT2D eigenvalue weighted by Gasteiger charge is -2.30. The van der Waals surface area contributed by atoms with Gasteiger partial charge in [-0.05, 0) is 44.0 Å². The van der Waals surface area contributed by atoms with Crippen LogP contribution in [0.4, 0.5) is 5.69 Å². The van der Waals surface area contributed by atoms with E-state index in [1.165, 1.54) is 6.92 Å². The van der Waals surface area contributed by atoms with Crippen molar-refractivity contribution in [3.8, 4) is 0 Å². The number of carbonyl (C=O) groups is 4. The van der Waals surface area contributed by atoms with Gasteiger partial charge in [0.2, 0.25) is 0 Å². The molecule has 1 aromatic rings. The first-order chi connectivity index (χ1) is 15.7. The molecule has 1 atom stereocenters. The molecular weight excluding hydrogens is 442 g/mol. The van der Waals surface area contributed by atoms with E-state index in [9.17, 15) is 19.2 Å². The average Bonchev–Trinajstić information content (AvgIpc) is 2.79. The molecule has 34 heavy (non-hydrogen) atoms. The summed E-state index contributed by atoms with van der Waals surface area (Å²) in [6, 6.07) is 6.74. The Labute approximate surface area is 202 Å². The van der Waals surface area contributed by atoms with Crippen molar-refractivity contribution in [1.29, 1.82) is 0 Å². The lowest BCUT2D eigenvalue weighted by atomic mass is 9.88. The Hall–Kier alpha value is -3.10. The standard InChI is InChI=1S/C24H35NO8.CH4/c1-5-8-21(27)32-16-24(6-2,15-31-18(4)26)17-33-22(28)13-14-25-20-11-9-19(10-12-20)23(29)30-7-3;/h9-12,25H,5-8,13-17H2,1-4H3;1H4. The third-order valence-corrected chi connectivity index (χ3v) is 4.92. The van der Waals surface area contributed by atoms with Crippen molar-refractivity contribution in [2.45, 2.75) is 60.8 Å². The highest BCUT2D eigenvalue weighted by molar-refractivity contribution is 5.89. The van der Waals surface area contributed by atoms with Crippen molar-refractivity contribution >= 4 is 29.6 Å². The number of hydrogen-bond donors (Lipinski definition) is 1. The van der Waals surface area contributed by atoms with Gasteiger partial charge in [0, 0.05) is 25.6 Å². The van der Waals surface area contributed by atoms with Gasteiger partial charge < -0.3 is 24.3 Å². The van der Waals surface area contributed by atoms with Gasteiger partial charge >= 0.3 is 23.9 Å². The zero-order valence-corrected chi connectivity index (χ0v) is 19.9. The summed E-state index contributed by atoms with van der Waals surface area (Å²) < 4.78 is 20.8. The summed E-state index contributed by atoms with van der Waals surface area (Å²) in [6.07, 6.45) is 1.54. The van der Waals surface area contributed by atoms with E-state index in [1.54, 1.807) is 31.2 Å². The van der Waals surface area contributed by atoms with Crippen molar-refractivity contribution in [3.63, 3.8) is 0 Å². The zero-order valence-electron chi connectivity index (χ0n) is 19.9. The van der Waals surface area contributed by atoms with Gasteiger partial charge in [-0.15, -0.1) is 0 Å². The van der Waals surface area contributed by atoms with Crippen LogP contribution in [0.25, 0.3) is 0 Å². The molecule has 0 spiro atoms. The number of benzene rings is 1. The minimum absolute atomic E-state index is 0. The Bertz CT molecular complexity index is 778. The van der Waals surface area contributed by atoms with Crippen LogP contribution in [0.1, 0.15) is 71.2 Å². The highest BCUT2D eigenvalue weighted by Gasteiger charge is 2.33.